The summed E-state index contributed by atoms with van der Waals surface area (Å²) in [5.74, 6) is 5.60. The average molecular weight is 313 g/mol. The van der Waals surface area contributed by atoms with Crippen molar-refractivity contribution in [2.75, 3.05) is 12.0 Å². The minimum absolute atomic E-state index is 0.142. The van der Waals surface area contributed by atoms with Gasteiger partial charge >= 0.3 is 0 Å². The van der Waals surface area contributed by atoms with Gasteiger partial charge in [0.25, 0.3) is 5.91 Å². The molecule has 0 spiro atoms. The number of hydrogen-bond donors (Lipinski definition) is 3. The summed E-state index contributed by atoms with van der Waals surface area (Å²) in [5, 5.41) is 2.96. The molecule has 1 aliphatic rings. The number of nitrogen functional groups attached to an aromatic ring is 1. The lowest BCUT2D eigenvalue weighted by Crippen LogP contribution is -2.31. The largest absolute Gasteiger partial charge is 0.351 e. The Labute approximate surface area is 115 Å². The first-order valence-corrected chi connectivity index (χ1v) is 6.80. The Hall–Kier alpha value is -1.14. The maximum Gasteiger partial charge on any atom is 0.255 e. The van der Waals surface area contributed by atoms with Gasteiger partial charge in [0.2, 0.25) is 0 Å². The van der Waals surface area contributed by atoms with E-state index in [1.807, 2.05) is 0 Å². The summed E-state index contributed by atoms with van der Waals surface area (Å²) in [6.07, 6.45) is 5.09. The van der Waals surface area contributed by atoms with E-state index in [9.17, 15) is 4.79 Å². The second kappa shape index (κ2) is 5.24. The number of nitrogens with two attached hydrogens (primary N) is 1. The van der Waals surface area contributed by atoms with E-state index in [1.165, 1.54) is 12.8 Å². The molecule has 18 heavy (non-hydrogen) atoms. The zero-order valence-electron chi connectivity index (χ0n) is 10.3. The molecule has 5 nitrogen and oxygen atoms in total. The number of hydrazine groups is 1. The van der Waals surface area contributed by atoms with Crippen LogP contribution in [0.15, 0.2) is 16.7 Å². The van der Waals surface area contributed by atoms with Crippen molar-refractivity contribution in [3.05, 3.63) is 22.3 Å². The molecule has 4 N–H and O–H groups in total. The van der Waals surface area contributed by atoms with Crippen molar-refractivity contribution in [2.45, 2.75) is 26.2 Å². The molecular formula is C12H17BrN4O. The van der Waals surface area contributed by atoms with Gasteiger partial charge in [0.05, 0.1) is 5.56 Å². The van der Waals surface area contributed by atoms with Gasteiger partial charge in [-0.25, -0.2) is 10.8 Å². The zero-order chi connectivity index (χ0) is 13.2. The molecule has 0 atom stereocenters. The smallest absolute Gasteiger partial charge is 0.255 e. The Morgan fingerprint density at radius 1 is 1.61 bits per heavy atom. The summed E-state index contributed by atoms with van der Waals surface area (Å²) < 4.78 is 0.753. The predicted octanol–water partition coefficient (Wildman–Crippen LogP) is 2.05. The second-order valence-corrected chi connectivity index (χ2v) is 5.65. The van der Waals surface area contributed by atoms with Crippen LogP contribution < -0.4 is 16.6 Å². The van der Waals surface area contributed by atoms with Crippen molar-refractivity contribution in [3.63, 3.8) is 0 Å². The second-order valence-electron chi connectivity index (χ2n) is 4.73. The molecule has 6 heteroatoms. The molecule has 0 radical (unpaired) electrons. The number of rotatable bonds is 5. The number of amides is 1. The monoisotopic (exact) mass is 312 g/mol. The highest BCUT2D eigenvalue weighted by molar-refractivity contribution is 9.10. The van der Waals surface area contributed by atoms with Crippen LogP contribution in [0.2, 0.25) is 0 Å². The molecule has 0 aromatic carbocycles. The summed E-state index contributed by atoms with van der Waals surface area (Å²) in [5.41, 5.74) is 3.22. The first-order chi connectivity index (χ1) is 8.60. The standard InChI is InChI=1S/C12H17BrN4O/c1-2-12(3-4-12)7-16-11(18)9-5-8(13)6-15-10(9)17-14/h5-6H,2-4,7,14H2,1H3,(H,15,17)(H,16,18). The Kier molecular flexibility index (Phi) is 3.87. The molecule has 2 rings (SSSR count). The maximum atomic E-state index is 12.1. The molecule has 1 amide bonds. The van der Waals surface area contributed by atoms with Gasteiger partial charge in [-0.2, -0.15) is 0 Å². The van der Waals surface area contributed by atoms with Gasteiger partial charge in [0.1, 0.15) is 0 Å². The fourth-order valence-corrected chi connectivity index (χ4v) is 2.25. The fourth-order valence-electron chi connectivity index (χ4n) is 1.92. The highest BCUT2D eigenvalue weighted by atomic mass is 79.9. The van der Waals surface area contributed by atoms with E-state index in [0.29, 0.717) is 16.8 Å². The third-order valence-corrected chi connectivity index (χ3v) is 4.00. The third kappa shape index (κ3) is 2.81. The molecule has 0 aliphatic heterocycles. The van der Waals surface area contributed by atoms with Crippen LogP contribution in [0.3, 0.4) is 0 Å². The molecule has 1 saturated carbocycles. The minimum Gasteiger partial charge on any atom is -0.351 e. The lowest BCUT2D eigenvalue weighted by atomic mass is 10.0. The van der Waals surface area contributed by atoms with E-state index >= 15 is 0 Å². The number of carbonyl (C=O) groups is 1. The quantitative estimate of drug-likeness (QED) is 0.574. The Morgan fingerprint density at radius 2 is 2.33 bits per heavy atom. The molecule has 0 bridgehead atoms. The van der Waals surface area contributed by atoms with E-state index in [4.69, 9.17) is 5.84 Å². The molecule has 1 aliphatic carbocycles. The lowest BCUT2D eigenvalue weighted by Gasteiger charge is -2.14. The third-order valence-electron chi connectivity index (χ3n) is 3.57. The van der Waals surface area contributed by atoms with Crippen LogP contribution >= 0.6 is 15.9 Å². The summed E-state index contributed by atoms with van der Waals surface area (Å²) in [7, 11) is 0. The number of nitrogens with zero attached hydrogens (tertiary/aromatic N) is 1. The number of hydrogen-bond acceptors (Lipinski definition) is 4. The van der Waals surface area contributed by atoms with E-state index in [-0.39, 0.29) is 5.91 Å². The van der Waals surface area contributed by atoms with Crippen LogP contribution in [0.5, 0.6) is 0 Å². The van der Waals surface area contributed by atoms with Crippen molar-refractivity contribution < 1.29 is 4.79 Å². The SMILES string of the molecule is CCC1(CNC(=O)c2cc(Br)cnc2NN)CC1. The van der Waals surface area contributed by atoms with Gasteiger partial charge in [0.15, 0.2) is 5.82 Å². The van der Waals surface area contributed by atoms with Gasteiger partial charge in [0, 0.05) is 17.2 Å². The van der Waals surface area contributed by atoms with Crippen LogP contribution in [0.1, 0.15) is 36.5 Å². The van der Waals surface area contributed by atoms with Crippen LogP contribution in [-0.2, 0) is 0 Å². The van der Waals surface area contributed by atoms with Crippen LogP contribution in [-0.4, -0.2) is 17.4 Å². The molecule has 0 saturated heterocycles. The summed E-state index contributed by atoms with van der Waals surface area (Å²) >= 11 is 3.30. The molecule has 1 aromatic rings. The van der Waals surface area contributed by atoms with Gasteiger partial charge < -0.3 is 10.7 Å². The lowest BCUT2D eigenvalue weighted by molar-refractivity contribution is 0.0945. The predicted molar refractivity (Wildman–Crippen MR) is 74.0 cm³/mol. The van der Waals surface area contributed by atoms with Gasteiger partial charge in [-0.3, -0.25) is 4.79 Å². The van der Waals surface area contributed by atoms with Crippen molar-refractivity contribution >= 4 is 27.7 Å². The van der Waals surface area contributed by atoms with E-state index in [1.54, 1.807) is 12.3 Å². The topological polar surface area (TPSA) is 80.0 Å². The molecule has 1 aromatic heterocycles. The van der Waals surface area contributed by atoms with E-state index < -0.39 is 0 Å². The first kappa shape index (κ1) is 13.3. The maximum absolute atomic E-state index is 12.1. The summed E-state index contributed by atoms with van der Waals surface area (Å²) in [4.78, 5) is 16.2. The van der Waals surface area contributed by atoms with Crippen molar-refractivity contribution in [3.8, 4) is 0 Å². The van der Waals surface area contributed by atoms with Crippen molar-refractivity contribution in [2.24, 2.45) is 11.3 Å². The van der Waals surface area contributed by atoms with Gasteiger partial charge in [-0.15, -0.1) is 0 Å². The molecular weight excluding hydrogens is 296 g/mol. The number of nitrogens with one attached hydrogen (secondary N) is 2. The number of carbonyl (C=O) groups excluding carboxylic acids is 1. The van der Waals surface area contributed by atoms with Crippen LogP contribution in [0, 0.1) is 5.41 Å². The van der Waals surface area contributed by atoms with E-state index in [2.05, 4.69) is 38.6 Å². The average Bonchev–Trinajstić information content (AvgIpc) is 3.16. The number of halogens is 1. The molecule has 1 heterocycles. The Bertz CT molecular complexity index is 459. The first-order valence-electron chi connectivity index (χ1n) is 6.00. The zero-order valence-corrected chi connectivity index (χ0v) is 11.9. The van der Waals surface area contributed by atoms with Gasteiger partial charge in [-0.05, 0) is 46.7 Å². The number of anilines is 1. The normalized spacial score (nSPS) is 16.2. The molecule has 0 unspecified atom stereocenters. The Balaban J connectivity index is 2.06. The van der Waals surface area contributed by atoms with Crippen LogP contribution in [0.4, 0.5) is 5.82 Å². The van der Waals surface area contributed by atoms with Crippen LogP contribution in [0.25, 0.3) is 0 Å². The van der Waals surface area contributed by atoms with Crippen molar-refractivity contribution in [1.29, 1.82) is 0 Å². The number of aromatic nitrogens is 1. The molecule has 1 fully saturated rings. The fraction of sp³-hybridized carbons (Fsp3) is 0.500. The molecule has 98 valence electrons. The van der Waals surface area contributed by atoms with E-state index in [0.717, 1.165) is 17.4 Å². The summed E-state index contributed by atoms with van der Waals surface area (Å²) in [6, 6.07) is 1.71. The minimum atomic E-state index is -0.142. The Morgan fingerprint density at radius 3 is 2.89 bits per heavy atom. The van der Waals surface area contributed by atoms with Crippen molar-refractivity contribution in [1.82, 2.24) is 10.3 Å². The highest BCUT2D eigenvalue weighted by Crippen LogP contribution is 2.47. The summed E-state index contributed by atoms with van der Waals surface area (Å²) in [6.45, 7) is 2.88. The van der Waals surface area contributed by atoms with Gasteiger partial charge in [-0.1, -0.05) is 6.92 Å². The number of pyridine rings is 1. The highest BCUT2D eigenvalue weighted by Gasteiger charge is 2.40.